The molecule has 0 aromatic heterocycles. The molecule has 0 heterocycles. The lowest BCUT2D eigenvalue weighted by Gasteiger charge is -2.22. The first-order chi connectivity index (χ1) is 9.41. The van der Waals surface area contributed by atoms with Gasteiger partial charge < -0.3 is 4.74 Å². The van der Waals surface area contributed by atoms with E-state index >= 15 is 0 Å². The normalized spacial score (nSPS) is 14.6. The van der Waals surface area contributed by atoms with Crippen molar-refractivity contribution in [2.75, 3.05) is 0 Å². The van der Waals surface area contributed by atoms with Gasteiger partial charge in [0, 0.05) is 17.5 Å². The van der Waals surface area contributed by atoms with E-state index in [1.54, 1.807) is 38.1 Å². The summed E-state index contributed by atoms with van der Waals surface area (Å²) < 4.78 is 5.50. The Morgan fingerprint density at radius 2 is 1.65 bits per heavy atom. The number of ketones is 3. The molecular weight excluding hydrogens is 256 g/mol. The predicted molar refractivity (Wildman–Crippen MR) is 73.6 cm³/mol. The van der Waals surface area contributed by atoms with Gasteiger partial charge >= 0.3 is 0 Å². The molecule has 0 unspecified atom stereocenters. The van der Waals surface area contributed by atoms with E-state index < -0.39 is 0 Å². The van der Waals surface area contributed by atoms with Crippen molar-refractivity contribution in [2.24, 2.45) is 0 Å². The smallest absolute Gasteiger partial charge is 0.228 e. The monoisotopic (exact) mass is 272 g/mol. The second-order valence-electron chi connectivity index (χ2n) is 5.06. The van der Waals surface area contributed by atoms with E-state index in [9.17, 15) is 14.4 Å². The second-order valence-corrected chi connectivity index (χ2v) is 5.06. The first-order valence-corrected chi connectivity index (χ1v) is 6.49. The van der Waals surface area contributed by atoms with Crippen LogP contribution in [0.1, 0.15) is 47.9 Å². The molecule has 0 saturated heterocycles. The van der Waals surface area contributed by atoms with Crippen LogP contribution >= 0.6 is 0 Å². The van der Waals surface area contributed by atoms with Gasteiger partial charge in [-0.05, 0) is 20.8 Å². The lowest BCUT2D eigenvalue weighted by Crippen LogP contribution is -2.26. The number of fused-ring (bicyclic) bond motifs is 1. The van der Waals surface area contributed by atoms with Crippen molar-refractivity contribution in [1.29, 1.82) is 0 Å². The molecule has 1 aliphatic carbocycles. The fraction of sp³-hybridized carbons (Fsp3) is 0.312. The van der Waals surface area contributed by atoms with Crippen LogP contribution in [0.5, 0.6) is 0 Å². The van der Waals surface area contributed by atoms with Gasteiger partial charge in [-0.3, -0.25) is 14.4 Å². The van der Waals surface area contributed by atoms with E-state index in [-0.39, 0.29) is 41.2 Å². The highest BCUT2D eigenvalue weighted by atomic mass is 16.5. The van der Waals surface area contributed by atoms with Crippen molar-refractivity contribution in [2.45, 2.75) is 33.3 Å². The molecule has 0 saturated carbocycles. The number of rotatable bonds is 4. The minimum Gasteiger partial charge on any atom is -0.486 e. The molecule has 1 aromatic carbocycles. The zero-order chi connectivity index (χ0) is 14.9. The van der Waals surface area contributed by atoms with Crippen molar-refractivity contribution < 1.29 is 19.1 Å². The number of hydrogen-bond donors (Lipinski definition) is 0. The van der Waals surface area contributed by atoms with Crippen LogP contribution in [-0.2, 0) is 9.53 Å². The molecule has 0 atom stereocenters. The van der Waals surface area contributed by atoms with Gasteiger partial charge in [-0.25, -0.2) is 0 Å². The Hall–Kier alpha value is -2.23. The van der Waals surface area contributed by atoms with Crippen LogP contribution in [-0.4, -0.2) is 23.5 Å². The van der Waals surface area contributed by atoms with Crippen LogP contribution in [0.15, 0.2) is 35.6 Å². The highest BCUT2D eigenvalue weighted by Crippen LogP contribution is 2.29. The number of carbonyl (C=O) groups is 3. The van der Waals surface area contributed by atoms with Crippen LogP contribution < -0.4 is 0 Å². The Morgan fingerprint density at radius 3 is 2.15 bits per heavy atom. The van der Waals surface area contributed by atoms with Crippen molar-refractivity contribution in [1.82, 2.24) is 0 Å². The topological polar surface area (TPSA) is 60.4 Å². The van der Waals surface area contributed by atoms with Crippen LogP contribution in [0.2, 0.25) is 0 Å². The molecular formula is C16H16O4. The molecule has 0 radical (unpaired) electrons. The molecule has 0 aliphatic heterocycles. The molecule has 0 amide bonds. The number of benzene rings is 1. The average Bonchev–Trinajstić information content (AvgIpc) is 2.39. The number of hydrogen-bond acceptors (Lipinski definition) is 4. The summed E-state index contributed by atoms with van der Waals surface area (Å²) in [5.41, 5.74) is 0.834. The Labute approximate surface area is 117 Å². The second kappa shape index (κ2) is 5.41. The minimum atomic E-state index is -0.329. The van der Waals surface area contributed by atoms with Gasteiger partial charge in [0.25, 0.3) is 0 Å². The molecule has 0 N–H and O–H groups in total. The maximum Gasteiger partial charge on any atom is 0.228 e. The van der Waals surface area contributed by atoms with E-state index in [0.717, 1.165) is 0 Å². The van der Waals surface area contributed by atoms with E-state index in [4.69, 9.17) is 4.74 Å². The van der Waals surface area contributed by atoms with Crippen LogP contribution in [0, 0.1) is 0 Å². The summed E-state index contributed by atoms with van der Waals surface area (Å²) in [6.07, 6.45) is -0.324. The first kappa shape index (κ1) is 14.2. The SMILES string of the molecule is CC(=O)CC1=C(OC(C)C)C(=O)c2ccccc2C1=O. The first-order valence-electron chi connectivity index (χ1n) is 6.49. The van der Waals surface area contributed by atoms with Gasteiger partial charge in [0.1, 0.15) is 5.78 Å². The molecule has 20 heavy (non-hydrogen) atoms. The zero-order valence-electron chi connectivity index (χ0n) is 11.7. The molecule has 4 nitrogen and oxygen atoms in total. The lowest BCUT2D eigenvalue weighted by molar-refractivity contribution is -0.116. The number of Topliss-reactive ketones (excluding diaryl/α,β-unsaturated/α-hetero) is 3. The van der Waals surface area contributed by atoms with E-state index in [1.165, 1.54) is 6.92 Å². The Bertz CT molecular complexity index is 623. The summed E-state index contributed by atoms with van der Waals surface area (Å²) in [5, 5.41) is 0. The third-order valence-electron chi connectivity index (χ3n) is 2.95. The molecule has 1 aliphatic rings. The summed E-state index contributed by atoms with van der Waals surface area (Å²) in [6.45, 7) is 4.94. The minimum absolute atomic E-state index is 0.0129. The maximum absolute atomic E-state index is 12.4. The molecule has 4 heteroatoms. The van der Waals surface area contributed by atoms with Gasteiger partial charge in [0.2, 0.25) is 5.78 Å². The Morgan fingerprint density at radius 1 is 1.10 bits per heavy atom. The summed E-state index contributed by atoms with van der Waals surface area (Å²) in [7, 11) is 0. The van der Waals surface area contributed by atoms with Crippen LogP contribution in [0.4, 0.5) is 0 Å². The fourth-order valence-electron chi connectivity index (χ4n) is 2.17. The number of ether oxygens (including phenoxy) is 1. The lowest BCUT2D eigenvalue weighted by atomic mass is 9.86. The maximum atomic E-state index is 12.4. The largest absolute Gasteiger partial charge is 0.486 e. The molecule has 104 valence electrons. The molecule has 2 rings (SSSR count). The number of carbonyl (C=O) groups excluding carboxylic acids is 3. The van der Waals surface area contributed by atoms with Gasteiger partial charge in [-0.15, -0.1) is 0 Å². The Kier molecular flexibility index (Phi) is 3.84. The fourth-order valence-corrected chi connectivity index (χ4v) is 2.17. The van der Waals surface area contributed by atoms with Crippen molar-refractivity contribution in [3.63, 3.8) is 0 Å². The zero-order valence-corrected chi connectivity index (χ0v) is 11.7. The highest BCUT2D eigenvalue weighted by Gasteiger charge is 2.34. The summed E-state index contributed by atoms with van der Waals surface area (Å²) in [6, 6.07) is 6.60. The molecule has 0 bridgehead atoms. The number of allylic oxidation sites excluding steroid dienone is 2. The molecule has 0 fully saturated rings. The van der Waals surface area contributed by atoms with Crippen molar-refractivity contribution >= 4 is 17.3 Å². The Balaban J connectivity index is 2.58. The molecule has 1 aromatic rings. The van der Waals surface area contributed by atoms with Gasteiger partial charge in [-0.1, -0.05) is 24.3 Å². The van der Waals surface area contributed by atoms with E-state index in [0.29, 0.717) is 11.1 Å². The third-order valence-corrected chi connectivity index (χ3v) is 2.95. The van der Waals surface area contributed by atoms with Crippen molar-refractivity contribution in [3.8, 4) is 0 Å². The van der Waals surface area contributed by atoms with Crippen LogP contribution in [0.25, 0.3) is 0 Å². The van der Waals surface area contributed by atoms with Crippen molar-refractivity contribution in [3.05, 3.63) is 46.7 Å². The van der Waals surface area contributed by atoms with E-state index in [1.807, 2.05) is 0 Å². The molecule has 0 spiro atoms. The highest BCUT2D eigenvalue weighted by molar-refractivity contribution is 6.27. The average molecular weight is 272 g/mol. The van der Waals surface area contributed by atoms with Gasteiger partial charge in [0.05, 0.1) is 11.7 Å². The quantitative estimate of drug-likeness (QED) is 0.845. The van der Waals surface area contributed by atoms with Crippen LogP contribution in [0.3, 0.4) is 0 Å². The summed E-state index contributed by atoms with van der Waals surface area (Å²) >= 11 is 0. The van der Waals surface area contributed by atoms with Gasteiger partial charge in [-0.2, -0.15) is 0 Å². The third kappa shape index (κ3) is 2.54. The standard InChI is InChI=1S/C16H16O4/c1-9(2)20-16-13(8-10(3)17)14(18)11-6-4-5-7-12(11)15(16)19/h4-7,9H,8H2,1-3H3. The van der Waals surface area contributed by atoms with E-state index in [2.05, 4.69) is 0 Å². The summed E-state index contributed by atoms with van der Waals surface area (Å²) in [4.78, 5) is 36.2. The predicted octanol–water partition coefficient (Wildman–Crippen LogP) is 2.72. The summed E-state index contributed by atoms with van der Waals surface area (Å²) in [5.74, 6) is -0.791. The van der Waals surface area contributed by atoms with Gasteiger partial charge in [0.15, 0.2) is 11.5 Å².